The first-order valence-corrected chi connectivity index (χ1v) is 8.49. The van der Waals surface area contributed by atoms with Gasteiger partial charge in [0.15, 0.2) is 0 Å². The summed E-state index contributed by atoms with van der Waals surface area (Å²) in [6.45, 7) is 2.22. The van der Waals surface area contributed by atoms with Crippen LogP contribution in [0.2, 0.25) is 5.02 Å². The number of carbonyl (C=O) groups is 1. The minimum atomic E-state index is -0.566. The Hall–Kier alpha value is -2.49. The summed E-state index contributed by atoms with van der Waals surface area (Å²) in [5.74, 6) is 0.541. The van der Waals surface area contributed by atoms with E-state index in [4.69, 9.17) is 11.6 Å². The minimum absolute atomic E-state index is 0.0466. The second kappa shape index (κ2) is 7.81. The van der Waals surface area contributed by atoms with E-state index in [0.717, 1.165) is 12.4 Å². The maximum atomic E-state index is 12.5. The number of halogens is 1. The third kappa shape index (κ3) is 4.01. The van der Waals surface area contributed by atoms with Crippen LogP contribution in [0.1, 0.15) is 11.9 Å². The predicted molar refractivity (Wildman–Crippen MR) is 97.1 cm³/mol. The molecule has 1 amide bonds. The number of nitro benzene ring substituents is 1. The van der Waals surface area contributed by atoms with E-state index in [1.807, 2.05) is 22.7 Å². The number of rotatable bonds is 5. The fraction of sp³-hybridized carbons (Fsp3) is 0.375. The fourth-order valence-electron chi connectivity index (χ4n) is 3.02. The highest BCUT2D eigenvalue weighted by atomic mass is 35.5. The Morgan fingerprint density at radius 3 is 3.04 bits per heavy atom. The zero-order valence-electron chi connectivity index (χ0n) is 14.2. The molecule has 2 heterocycles. The topological polar surface area (TPSA) is 105 Å². The Balaban J connectivity index is 1.73. The number of hydrogen-bond acceptors (Lipinski definition) is 6. The van der Waals surface area contributed by atoms with E-state index >= 15 is 0 Å². The van der Waals surface area contributed by atoms with Crippen LogP contribution in [-0.4, -0.2) is 51.5 Å². The molecule has 0 saturated carbocycles. The monoisotopic (exact) mass is 378 g/mol. The molecule has 26 heavy (non-hydrogen) atoms. The highest BCUT2D eigenvalue weighted by molar-refractivity contribution is 6.31. The van der Waals surface area contributed by atoms with Gasteiger partial charge < -0.3 is 15.2 Å². The summed E-state index contributed by atoms with van der Waals surface area (Å²) in [6, 6.07) is 4.12. The number of benzene rings is 1. The Labute approximate surface area is 155 Å². The van der Waals surface area contributed by atoms with Gasteiger partial charge in [0.1, 0.15) is 11.5 Å². The maximum Gasteiger partial charge on any atom is 0.294 e. The van der Waals surface area contributed by atoms with Gasteiger partial charge in [-0.3, -0.25) is 19.8 Å². The average molecular weight is 379 g/mol. The molecular weight excluding hydrogens is 360 g/mol. The van der Waals surface area contributed by atoms with Crippen molar-refractivity contribution in [3.8, 4) is 0 Å². The molecule has 1 fully saturated rings. The van der Waals surface area contributed by atoms with E-state index in [-0.39, 0.29) is 34.9 Å². The summed E-state index contributed by atoms with van der Waals surface area (Å²) in [5, 5.41) is 17.3. The van der Waals surface area contributed by atoms with Crippen molar-refractivity contribution in [2.24, 2.45) is 7.05 Å². The molecule has 0 spiro atoms. The molecule has 1 unspecified atom stereocenters. The zero-order valence-corrected chi connectivity index (χ0v) is 14.9. The van der Waals surface area contributed by atoms with Gasteiger partial charge in [0.2, 0.25) is 5.91 Å². The molecule has 1 saturated heterocycles. The fourth-order valence-corrected chi connectivity index (χ4v) is 3.19. The molecule has 0 bridgehead atoms. The first-order chi connectivity index (χ1) is 12.5. The van der Waals surface area contributed by atoms with E-state index < -0.39 is 4.92 Å². The van der Waals surface area contributed by atoms with Crippen LogP contribution < -0.4 is 10.6 Å². The summed E-state index contributed by atoms with van der Waals surface area (Å²) >= 11 is 5.80. The number of nitrogens with one attached hydrogen (secondary N) is 2. The van der Waals surface area contributed by atoms with Crippen LogP contribution in [-0.2, 0) is 11.8 Å². The summed E-state index contributed by atoms with van der Waals surface area (Å²) < 4.78 is 1.92. The second-order valence-corrected chi connectivity index (χ2v) is 6.49. The van der Waals surface area contributed by atoms with Crippen molar-refractivity contribution in [3.05, 3.63) is 51.6 Å². The summed E-state index contributed by atoms with van der Waals surface area (Å²) in [7, 11) is 1.91. The smallest absolute Gasteiger partial charge is 0.294 e. The zero-order chi connectivity index (χ0) is 18.7. The molecule has 138 valence electrons. The number of anilines is 1. The molecule has 3 rings (SSSR count). The number of nitrogens with zero attached hydrogens (tertiary/aromatic N) is 4. The van der Waals surface area contributed by atoms with Crippen LogP contribution in [0.4, 0.5) is 11.4 Å². The molecule has 1 aliphatic rings. The molecule has 10 heteroatoms. The van der Waals surface area contributed by atoms with Gasteiger partial charge in [-0.15, -0.1) is 0 Å². The van der Waals surface area contributed by atoms with E-state index in [1.165, 1.54) is 18.2 Å². The predicted octanol–water partition coefficient (Wildman–Crippen LogP) is 1.57. The summed E-state index contributed by atoms with van der Waals surface area (Å²) in [4.78, 5) is 29.5. The maximum absolute atomic E-state index is 12.5. The number of hydrogen-bond donors (Lipinski definition) is 2. The molecule has 2 N–H and O–H groups in total. The van der Waals surface area contributed by atoms with Crippen LogP contribution >= 0.6 is 11.6 Å². The number of aryl methyl sites for hydroxylation is 1. The van der Waals surface area contributed by atoms with E-state index in [0.29, 0.717) is 13.1 Å². The molecule has 1 aromatic heterocycles. The van der Waals surface area contributed by atoms with Crippen molar-refractivity contribution in [1.82, 2.24) is 19.8 Å². The SMILES string of the molecule is Cn1ccnc1C1CNCCN1CC(=O)Nc1ccc(Cl)cc1[N+](=O)[O-]. The van der Waals surface area contributed by atoms with Crippen LogP contribution in [0.15, 0.2) is 30.6 Å². The van der Waals surface area contributed by atoms with Crippen molar-refractivity contribution in [2.45, 2.75) is 6.04 Å². The standard InChI is InChI=1S/C16H19ClN6O3/c1-21-6-5-19-16(21)14-9-18-4-7-22(14)10-15(24)20-12-3-2-11(17)8-13(12)23(25)26/h2-3,5-6,8,14,18H,4,7,9-10H2,1H3,(H,20,24). The van der Waals surface area contributed by atoms with E-state index in [2.05, 4.69) is 15.6 Å². The molecule has 2 aromatic rings. The van der Waals surface area contributed by atoms with Gasteiger partial charge in [0.25, 0.3) is 5.69 Å². The molecular formula is C16H19ClN6O3. The number of imidazole rings is 1. The second-order valence-electron chi connectivity index (χ2n) is 6.05. The highest BCUT2D eigenvalue weighted by Gasteiger charge is 2.28. The number of amides is 1. The number of piperazine rings is 1. The average Bonchev–Trinajstić information content (AvgIpc) is 3.02. The van der Waals surface area contributed by atoms with Gasteiger partial charge in [-0.2, -0.15) is 0 Å². The van der Waals surface area contributed by atoms with Crippen LogP contribution in [0.25, 0.3) is 0 Å². The van der Waals surface area contributed by atoms with Gasteiger partial charge in [-0.25, -0.2) is 4.98 Å². The van der Waals surface area contributed by atoms with Gasteiger partial charge in [-0.05, 0) is 12.1 Å². The number of carbonyl (C=O) groups excluding carboxylic acids is 1. The Kier molecular flexibility index (Phi) is 5.50. The normalized spacial score (nSPS) is 17.8. The van der Waals surface area contributed by atoms with Gasteiger partial charge >= 0.3 is 0 Å². The lowest BCUT2D eigenvalue weighted by Gasteiger charge is -2.35. The largest absolute Gasteiger partial charge is 0.337 e. The Bertz CT molecular complexity index is 824. The van der Waals surface area contributed by atoms with Crippen molar-refractivity contribution in [1.29, 1.82) is 0 Å². The lowest BCUT2D eigenvalue weighted by atomic mass is 10.1. The third-order valence-corrected chi connectivity index (χ3v) is 4.52. The van der Waals surface area contributed by atoms with Gasteiger partial charge in [0, 0.05) is 50.2 Å². The third-order valence-electron chi connectivity index (χ3n) is 4.29. The van der Waals surface area contributed by atoms with Crippen molar-refractivity contribution >= 4 is 28.9 Å². The quantitative estimate of drug-likeness (QED) is 0.604. The number of aromatic nitrogens is 2. The molecule has 1 atom stereocenters. The van der Waals surface area contributed by atoms with Crippen molar-refractivity contribution in [3.63, 3.8) is 0 Å². The van der Waals surface area contributed by atoms with Crippen LogP contribution in [0, 0.1) is 10.1 Å². The first-order valence-electron chi connectivity index (χ1n) is 8.11. The summed E-state index contributed by atoms with van der Waals surface area (Å²) in [6.07, 6.45) is 3.58. The summed E-state index contributed by atoms with van der Waals surface area (Å²) in [5.41, 5.74) is -0.0973. The molecule has 1 aromatic carbocycles. The first kappa shape index (κ1) is 18.3. The van der Waals surface area contributed by atoms with Gasteiger partial charge in [0.05, 0.1) is 17.5 Å². The van der Waals surface area contributed by atoms with Crippen molar-refractivity contribution in [2.75, 3.05) is 31.5 Å². The molecule has 0 radical (unpaired) electrons. The Morgan fingerprint density at radius 2 is 2.35 bits per heavy atom. The lowest BCUT2D eigenvalue weighted by molar-refractivity contribution is -0.383. The molecule has 1 aliphatic heterocycles. The lowest BCUT2D eigenvalue weighted by Crippen LogP contribution is -2.49. The van der Waals surface area contributed by atoms with E-state index in [9.17, 15) is 14.9 Å². The van der Waals surface area contributed by atoms with Crippen molar-refractivity contribution < 1.29 is 9.72 Å². The highest BCUT2D eigenvalue weighted by Crippen LogP contribution is 2.28. The Morgan fingerprint density at radius 1 is 1.54 bits per heavy atom. The van der Waals surface area contributed by atoms with E-state index in [1.54, 1.807) is 6.20 Å². The minimum Gasteiger partial charge on any atom is -0.337 e. The van der Waals surface area contributed by atoms with Crippen LogP contribution in [0.3, 0.4) is 0 Å². The molecule has 0 aliphatic carbocycles. The molecule has 9 nitrogen and oxygen atoms in total. The van der Waals surface area contributed by atoms with Gasteiger partial charge in [-0.1, -0.05) is 11.6 Å². The number of nitro groups is 1. The van der Waals surface area contributed by atoms with Crippen LogP contribution in [0.5, 0.6) is 0 Å².